The molecule has 1 aliphatic heterocycles. The quantitative estimate of drug-likeness (QED) is 0.375. The van der Waals surface area contributed by atoms with Crippen LogP contribution in [0, 0.1) is 5.82 Å². The average Bonchev–Trinajstić information content (AvgIpc) is 3.26. The molecule has 1 aliphatic rings. The summed E-state index contributed by atoms with van der Waals surface area (Å²) in [4.78, 5) is 21.1. The van der Waals surface area contributed by atoms with Crippen LogP contribution < -0.4 is 15.4 Å². The monoisotopic (exact) mass is 485 g/mol. The van der Waals surface area contributed by atoms with E-state index in [-0.39, 0.29) is 34.3 Å². The summed E-state index contributed by atoms with van der Waals surface area (Å²) in [6.45, 7) is 2.57. The summed E-state index contributed by atoms with van der Waals surface area (Å²) in [6, 6.07) is 7.99. The molecule has 0 saturated carbocycles. The molecule has 0 fully saturated rings. The Balaban J connectivity index is 1.42. The lowest BCUT2D eigenvalue weighted by Gasteiger charge is -2.23. The van der Waals surface area contributed by atoms with Crippen LogP contribution in [0.25, 0.3) is 10.9 Å². The van der Waals surface area contributed by atoms with Crippen LogP contribution in [-0.2, 0) is 19.1 Å². The second kappa shape index (κ2) is 8.66. The van der Waals surface area contributed by atoms with E-state index in [1.807, 2.05) is 6.92 Å². The Morgan fingerprint density at radius 1 is 1.20 bits per heavy atom. The van der Waals surface area contributed by atoms with E-state index < -0.39 is 23.6 Å². The normalized spacial score (nSPS) is 15.6. The predicted octanol–water partition coefficient (Wildman–Crippen LogP) is 5.50. The number of hydrogen-bond acceptors (Lipinski definition) is 5. The highest BCUT2D eigenvalue weighted by Gasteiger charge is 2.30. The molecule has 35 heavy (non-hydrogen) atoms. The average molecular weight is 485 g/mol. The van der Waals surface area contributed by atoms with Crippen LogP contribution in [0.1, 0.15) is 23.7 Å². The maximum atomic E-state index is 15.3. The first kappa shape index (κ1) is 22.8. The van der Waals surface area contributed by atoms with Crippen LogP contribution in [0.3, 0.4) is 0 Å². The van der Waals surface area contributed by atoms with Crippen molar-refractivity contribution < 1.29 is 27.1 Å². The fraction of sp³-hybridized carbons (Fsp3) is 0.208. The molecular weight excluding hydrogens is 466 g/mol. The van der Waals surface area contributed by atoms with Gasteiger partial charge in [0.2, 0.25) is 5.88 Å². The van der Waals surface area contributed by atoms with Gasteiger partial charge in [0.05, 0.1) is 16.8 Å². The fourth-order valence-electron chi connectivity index (χ4n) is 4.00. The number of alkyl halides is 3. The van der Waals surface area contributed by atoms with Gasteiger partial charge in [-0.1, -0.05) is 6.07 Å². The summed E-state index contributed by atoms with van der Waals surface area (Å²) in [7, 11) is 0. The van der Waals surface area contributed by atoms with Gasteiger partial charge in [-0.05, 0) is 49.7 Å². The summed E-state index contributed by atoms with van der Waals surface area (Å²) in [6.07, 6.45) is -1.23. The molecule has 1 amide bonds. The number of aromatic nitrogens is 3. The third-order valence-corrected chi connectivity index (χ3v) is 5.76. The lowest BCUT2D eigenvalue weighted by Crippen LogP contribution is -2.33. The van der Waals surface area contributed by atoms with E-state index in [0.29, 0.717) is 13.0 Å². The Morgan fingerprint density at radius 2 is 2.03 bits per heavy atom. The molecule has 0 bridgehead atoms. The largest absolute Gasteiger partial charge is 0.436 e. The fourth-order valence-corrected chi connectivity index (χ4v) is 4.00. The molecule has 1 atom stereocenters. The van der Waals surface area contributed by atoms with Gasteiger partial charge in [0.15, 0.2) is 11.6 Å². The topological polar surface area (TPSA) is 81.1 Å². The van der Waals surface area contributed by atoms with Gasteiger partial charge in [0.25, 0.3) is 0 Å². The summed E-state index contributed by atoms with van der Waals surface area (Å²) < 4.78 is 61.1. The van der Waals surface area contributed by atoms with Gasteiger partial charge in [-0.15, -0.1) is 0 Å². The van der Waals surface area contributed by atoms with Crippen molar-refractivity contribution in [3.05, 3.63) is 77.6 Å². The van der Waals surface area contributed by atoms with Crippen molar-refractivity contribution in [2.45, 2.75) is 32.1 Å². The highest BCUT2D eigenvalue weighted by Crippen LogP contribution is 2.34. The maximum absolute atomic E-state index is 15.3. The van der Waals surface area contributed by atoms with Crippen molar-refractivity contribution in [1.82, 2.24) is 19.9 Å². The number of anilines is 1. The van der Waals surface area contributed by atoms with E-state index in [2.05, 4.69) is 20.6 Å². The number of carbonyl (C=O) groups is 1. The van der Waals surface area contributed by atoms with Gasteiger partial charge in [0.1, 0.15) is 6.33 Å². The maximum Gasteiger partial charge on any atom is 0.416 e. The molecule has 1 unspecified atom stereocenters. The van der Waals surface area contributed by atoms with Crippen LogP contribution in [0.4, 0.5) is 28.0 Å². The summed E-state index contributed by atoms with van der Waals surface area (Å²) >= 11 is 0. The minimum atomic E-state index is -4.54. The first-order chi connectivity index (χ1) is 16.7. The highest BCUT2D eigenvalue weighted by atomic mass is 19.4. The molecule has 0 saturated heterocycles. The van der Waals surface area contributed by atoms with E-state index in [1.165, 1.54) is 42.9 Å². The molecule has 0 spiro atoms. The Labute approximate surface area is 196 Å². The molecule has 11 heteroatoms. The third-order valence-electron chi connectivity index (χ3n) is 5.76. The van der Waals surface area contributed by atoms with Crippen molar-refractivity contribution in [2.24, 2.45) is 0 Å². The van der Waals surface area contributed by atoms with E-state index in [1.54, 1.807) is 0 Å². The summed E-state index contributed by atoms with van der Waals surface area (Å²) in [5.74, 6) is -0.494. The van der Waals surface area contributed by atoms with E-state index in [4.69, 9.17) is 4.74 Å². The number of halogens is 4. The lowest BCUT2D eigenvalue weighted by atomic mass is 10.0. The number of rotatable bonds is 3. The van der Waals surface area contributed by atoms with Crippen LogP contribution >= 0.6 is 0 Å². The molecule has 5 rings (SSSR count). The standard InChI is InChI=1S/C24H19F4N5O2/c1-13-9-17-18(11-29-13)30-12-31-22(17)35-20-6-5-19-16(21(20)25)7-8-33(19)23(34)32-15-4-2-3-14(10-15)24(26,27)28/h2-8,10,12-13,29H,9,11H2,1H3,(H,32,34). The molecular formula is C24H19F4N5O2. The summed E-state index contributed by atoms with van der Waals surface area (Å²) in [5, 5.41) is 5.81. The van der Waals surface area contributed by atoms with Gasteiger partial charge in [-0.3, -0.25) is 4.57 Å². The SMILES string of the molecule is CC1Cc2c(ncnc2Oc2ccc3c(ccn3C(=O)Nc3cccc(C(F)(F)F)c3)c2F)CN1. The number of nitrogens with zero attached hydrogens (tertiary/aromatic N) is 3. The van der Waals surface area contributed by atoms with E-state index >= 15 is 4.39 Å². The molecule has 4 aromatic rings. The third kappa shape index (κ3) is 4.42. The number of nitrogens with one attached hydrogen (secondary N) is 2. The van der Waals surface area contributed by atoms with Crippen molar-refractivity contribution in [2.75, 3.05) is 5.32 Å². The van der Waals surface area contributed by atoms with Crippen molar-refractivity contribution >= 4 is 22.6 Å². The van der Waals surface area contributed by atoms with Crippen LogP contribution in [-0.4, -0.2) is 26.6 Å². The lowest BCUT2D eigenvalue weighted by molar-refractivity contribution is -0.137. The van der Waals surface area contributed by atoms with Crippen LogP contribution in [0.5, 0.6) is 11.6 Å². The van der Waals surface area contributed by atoms with E-state index in [0.717, 1.165) is 28.0 Å². The molecule has 2 aromatic heterocycles. The van der Waals surface area contributed by atoms with Crippen LogP contribution in [0.15, 0.2) is 55.0 Å². The number of amides is 1. The molecule has 180 valence electrons. The van der Waals surface area contributed by atoms with Gasteiger partial charge in [-0.2, -0.15) is 13.2 Å². The first-order valence-corrected chi connectivity index (χ1v) is 10.7. The van der Waals surface area contributed by atoms with Gasteiger partial charge < -0.3 is 15.4 Å². The van der Waals surface area contributed by atoms with E-state index in [9.17, 15) is 18.0 Å². The molecule has 2 N–H and O–H groups in total. The number of fused-ring (bicyclic) bond motifs is 2. The number of carbonyl (C=O) groups excluding carboxylic acids is 1. The number of hydrogen-bond donors (Lipinski definition) is 2. The Morgan fingerprint density at radius 3 is 2.83 bits per heavy atom. The van der Waals surface area contributed by atoms with Gasteiger partial charge in [-0.25, -0.2) is 19.2 Å². The number of benzene rings is 2. The van der Waals surface area contributed by atoms with Gasteiger partial charge in [0, 0.05) is 35.4 Å². The van der Waals surface area contributed by atoms with Gasteiger partial charge >= 0.3 is 12.2 Å². The highest BCUT2D eigenvalue weighted by molar-refractivity contribution is 5.99. The Hall–Kier alpha value is -3.99. The van der Waals surface area contributed by atoms with Crippen molar-refractivity contribution in [1.29, 1.82) is 0 Å². The van der Waals surface area contributed by atoms with Crippen molar-refractivity contribution in [3.63, 3.8) is 0 Å². The second-order valence-corrected chi connectivity index (χ2v) is 8.20. The Kier molecular flexibility index (Phi) is 5.64. The summed E-state index contributed by atoms with van der Waals surface area (Å²) in [5.41, 5.74) is 0.882. The molecule has 3 heterocycles. The second-order valence-electron chi connectivity index (χ2n) is 8.20. The first-order valence-electron chi connectivity index (χ1n) is 10.7. The zero-order valence-electron chi connectivity index (χ0n) is 18.4. The molecule has 7 nitrogen and oxygen atoms in total. The Bertz CT molecular complexity index is 1430. The molecule has 0 radical (unpaired) electrons. The zero-order chi connectivity index (χ0) is 24.7. The zero-order valence-corrected chi connectivity index (χ0v) is 18.4. The predicted molar refractivity (Wildman–Crippen MR) is 120 cm³/mol. The van der Waals surface area contributed by atoms with Crippen molar-refractivity contribution in [3.8, 4) is 11.6 Å². The minimum Gasteiger partial charge on any atom is -0.436 e. The molecule has 0 aliphatic carbocycles. The van der Waals surface area contributed by atoms with Crippen LogP contribution in [0.2, 0.25) is 0 Å². The minimum absolute atomic E-state index is 0.0376. The smallest absolute Gasteiger partial charge is 0.416 e. The molecule has 2 aromatic carbocycles. The number of ether oxygens (including phenoxy) is 1.